The van der Waals surface area contributed by atoms with Crippen LogP contribution < -0.4 is 0 Å². The van der Waals surface area contributed by atoms with Gasteiger partial charge in [-0.1, -0.05) is 42.5 Å². The Bertz CT molecular complexity index is 326. The van der Waals surface area contributed by atoms with Crippen LogP contribution in [0.25, 0.3) is 6.08 Å². The van der Waals surface area contributed by atoms with E-state index in [1.165, 1.54) is 5.56 Å². The predicted molar refractivity (Wildman–Crippen MR) is 71.7 cm³/mol. The Morgan fingerprint density at radius 1 is 1.00 bits per heavy atom. The zero-order valence-electron chi connectivity index (χ0n) is 10.7. The van der Waals surface area contributed by atoms with Gasteiger partial charge in [-0.3, -0.25) is 0 Å². The summed E-state index contributed by atoms with van der Waals surface area (Å²) in [5.41, 5.74) is 1.20. The topological polar surface area (TPSA) is 27.7 Å². The van der Waals surface area contributed by atoms with Crippen molar-refractivity contribution in [2.75, 3.05) is 21.3 Å². The molecule has 0 saturated heterocycles. The molecule has 0 spiro atoms. The maximum absolute atomic E-state index is 5.35. The van der Waals surface area contributed by atoms with E-state index in [1.807, 2.05) is 18.2 Å². The van der Waals surface area contributed by atoms with Gasteiger partial charge in [-0.05, 0) is 12.0 Å². The fourth-order valence-corrected chi connectivity index (χ4v) is 3.23. The molecule has 0 aromatic heterocycles. The molecule has 1 aromatic rings. The Hall–Kier alpha value is -0.943. The fourth-order valence-electron chi connectivity index (χ4n) is 1.60. The monoisotopic (exact) mass is 252 g/mol. The highest BCUT2D eigenvalue weighted by molar-refractivity contribution is 6.60. The SMILES string of the molecule is CO[Si](CC/C=C/c1ccccc1)(OC)OC. The molecule has 0 saturated carbocycles. The van der Waals surface area contributed by atoms with Gasteiger partial charge >= 0.3 is 8.80 Å². The van der Waals surface area contributed by atoms with Gasteiger partial charge in [-0.15, -0.1) is 0 Å². The molecule has 0 aliphatic carbocycles. The number of hydrogen-bond donors (Lipinski definition) is 0. The van der Waals surface area contributed by atoms with Gasteiger partial charge in [0.1, 0.15) is 0 Å². The van der Waals surface area contributed by atoms with Gasteiger partial charge in [0.15, 0.2) is 0 Å². The molecule has 0 bridgehead atoms. The summed E-state index contributed by atoms with van der Waals surface area (Å²) in [6.45, 7) is 0. The van der Waals surface area contributed by atoms with Crippen molar-refractivity contribution in [2.24, 2.45) is 0 Å². The van der Waals surface area contributed by atoms with Gasteiger partial charge < -0.3 is 13.3 Å². The van der Waals surface area contributed by atoms with Crippen LogP contribution in [0.1, 0.15) is 12.0 Å². The first-order chi connectivity index (χ1) is 8.26. The lowest BCUT2D eigenvalue weighted by atomic mass is 10.2. The molecular formula is C13H20O3Si. The average molecular weight is 252 g/mol. The standard InChI is InChI=1S/C13H20O3Si/c1-14-17(15-2,16-3)12-8-7-11-13-9-5-4-6-10-13/h4-7,9-11H,8,12H2,1-3H3/b11-7+. The molecular weight excluding hydrogens is 232 g/mol. The maximum atomic E-state index is 5.35. The summed E-state index contributed by atoms with van der Waals surface area (Å²) in [6.07, 6.45) is 5.10. The molecule has 94 valence electrons. The van der Waals surface area contributed by atoms with E-state index in [-0.39, 0.29) is 0 Å². The zero-order chi connectivity index (χ0) is 12.6. The first-order valence-corrected chi connectivity index (χ1v) is 7.56. The summed E-state index contributed by atoms with van der Waals surface area (Å²) < 4.78 is 16.0. The van der Waals surface area contributed by atoms with Gasteiger partial charge in [0.25, 0.3) is 0 Å². The van der Waals surface area contributed by atoms with Crippen LogP contribution in [0.5, 0.6) is 0 Å². The van der Waals surface area contributed by atoms with Gasteiger partial charge in [-0.25, -0.2) is 0 Å². The molecule has 0 amide bonds. The molecule has 0 heterocycles. The molecule has 0 atom stereocenters. The van der Waals surface area contributed by atoms with E-state index >= 15 is 0 Å². The second-order valence-electron chi connectivity index (χ2n) is 3.65. The average Bonchev–Trinajstić information content (AvgIpc) is 2.41. The molecule has 0 unspecified atom stereocenters. The second-order valence-corrected chi connectivity index (χ2v) is 6.74. The zero-order valence-corrected chi connectivity index (χ0v) is 11.7. The van der Waals surface area contributed by atoms with E-state index in [4.69, 9.17) is 13.3 Å². The molecule has 1 rings (SSSR count). The van der Waals surface area contributed by atoms with Crippen LogP contribution in [0.3, 0.4) is 0 Å². The van der Waals surface area contributed by atoms with Crippen molar-refractivity contribution >= 4 is 14.9 Å². The normalized spacial score (nSPS) is 12.2. The molecule has 1 aromatic carbocycles. The smallest absolute Gasteiger partial charge is 0.377 e. The molecule has 4 heteroatoms. The van der Waals surface area contributed by atoms with E-state index in [0.29, 0.717) is 0 Å². The van der Waals surface area contributed by atoms with Crippen LogP contribution in [0.15, 0.2) is 36.4 Å². The first kappa shape index (κ1) is 14.1. The van der Waals surface area contributed by atoms with Gasteiger partial charge in [0.2, 0.25) is 0 Å². The summed E-state index contributed by atoms with van der Waals surface area (Å²) in [7, 11) is 2.51. The Morgan fingerprint density at radius 2 is 1.59 bits per heavy atom. The van der Waals surface area contributed by atoms with Crippen LogP contribution in [-0.4, -0.2) is 30.1 Å². The first-order valence-electron chi connectivity index (χ1n) is 5.63. The van der Waals surface area contributed by atoms with Crippen LogP contribution in [-0.2, 0) is 13.3 Å². The number of benzene rings is 1. The van der Waals surface area contributed by atoms with Crippen LogP contribution in [0.4, 0.5) is 0 Å². The third-order valence-corrected chi connectivity index (χ3v) is 5.43. The molecule has 0 radical (unpaired) electrons. The van der Waals surface area contributed by atoms with E-state index in [1.54, 1.807) is 21.3 Å². The molecule has 3 nitrogen and oxygen atoms in total. The third kappa shape index (κ3) is 4.44. The molecule has 0 N–H and O–H groups in total. The van der Waals surface area contributed by atoms with E-state index in [2.05, 4.69) is 24.3 Å². The lowest BCUT2D eigenvalue weighted by molar-refractivity contribution is 0.124. The maximum Gasteiger partial charge on any atom is 0.500 e. The van der Waals surface area contributed by atoms with Crippen LogP contribution >= 0.6 is 0 Å². The van der Waals surface area contributed by atoms with Crippen molar-refractivity contribution < 1.29 is 13.3 Å². The highest BCUT2D eigenvalue weighted by atomic mass is 28.4. The molecule has 0 aliphatic heterocycles. The summed E-state index contributed by atoms with van der Waals surface area (Å²) in [5, 5.41) is 0. The second kappa shape index (κ2) is 7.40. The van der Waals surface area contributed by atoms with Crippen molar-refractivity contribution in [3.8, 4) is 0 Å². The Labute approximate surface area is 104 Å². The lowest BCUT2D eigenvalue weighted by Crippen LogP contribution is -2.42. The number of hydrogen-bond acceptors (Lipinski definition) is 3. The summed E-state index contributed by atoms with van der Waals surface area (Å²) in [4.78, 5) is 0. The van der Waals surface area contributed by atoms with Gasteiger partial charge in [0, 0.05) is 27.4 Å². The minimum absolute atomic E-state index is 0.792. The quantitative estimate of drug-likeness (QED) is 0.698. The fraction of sp³-hybridized carbons (Fsp3) is 0.385. The Kier molecular flexibility index (Phi) is 6.14. The predicted octanol–water partition coefficient (Wildman–Crippen LogP) is 2.97. The van der Waals surface area contributed by atoms with Crippen molar-refractivity contribution in [1.82, 2.24) is 0 Å². The summed E-state index contributed by atoms with van der Waals surface area (Å²) >= 11 is 0. The molecule has 0 fully saturated rings. The van der Waals surface area contributed by atoms with Crippen molar-refractivity contribution in [2.45, 2.75) is 12.5 Å². The Balaban J connectivity index is 2.44. The molecule has 0 aliphatic rings. The number of allylic oxidation sites excluding steroid dienone is 1. The van der Waals surface area contributed by atoms with Crippen molar-refractivity contribution in [3.05, 3.63) is 42.0 Å². The van der Waals surface area contributed by atoms with Crippen molar-refractivity contribution in [1.29, 1.82) is 0 Å². The highest BCUT2D eigenvalue weighted by Gasteiger charge is 2.36. The van der Waals surface area contributed by atoms with E-state index < -0.39 is 8.80 Å². The van der Waals surface area contributed by atoms with Crippen molar-refractivity contribution in [3.63, 3.8) is 0 Å². The number of rotatable bonds is 7. The van der Waals surface area contributed by atoms with Gasteiger partial charge in [0.05, 0.1) is 0 Å². The summed E-state index contributed by atoms with van der Waals surface area (Å²) in [5.74, 6) is 0. The van der Waals surface area contributed by atoms with Gasteiger partial charge in [-0.2, -0.15) is 0 Å². The minimum Gasteiger partial charge on any atom is -0.377 e. The Morgan fingerprint density at radius 3 is 2.12 bits per heavy atom. The van der Waals surface area contributed by atoms with E-state index in [0.717, 1.165) is 12.5 Å². The largest absolute Gasteiger partial charge is 0.500 e. The van der Waals surface area contributed by atoms with E-state index in [9.17, 15) is 0 Å². The van der Waals surface area contributed by atoms with Crippen LogP contribution in [0, 0.1) is 0 Å². The summed E-state index contributed by atoms with van der Waals surface area (Å²) in [6, 6.07) is 11.0. The minimum atomic E-state index is -2.41. The lowest BCUT2D eigenvalue weighted by Gasteiger charge is -2.23. The van der Waals surface area contributed by atoms with Crippen LogP contribution in [0.2, 0.25) is 6.04 Å². The third-order valence-electron chi connectivity index (χ3n) is 2.66. The highest BCUT2D eigenvalue weighted by Crippen LogP contribution is 2.15. The molecule has 17 heavy (non-hydrogen) atoms.